The van der Waals surface area contributed by atoms with Gasteiger partial charge in [-0.05, 0) is 61.6 Å². The summed E-state index contributed by atoms with van der Waals surface area (Å²) in [6.45, 7) is 3.63. The first-order valence-corrected chi connectivity index (χ1v) is 10.4. The first-order valence-electron chi connectivity index (χ1n) is 8.74. The summed E-state index contributed by atoms with van der Waals surface area (Å²) >= 11 is 2.38. The molecule has 1 aromatic heterocycles. The van der Waals surface area contributed by atoms with Gasteiger partial charge in [0.15, 0.2) is 5.09 Å². The van der Waals surface area contributed by atoms with Gasteiger partial charge in [-0.2, -0.15) is 0 Å². The molecule has 2 aliphatic rings. The number of imide groups is 1. The van der Waals surface area contributed by atoms with Gasteiger partial charge in [-0.25, -0.2) is 4.99 Å². The number of furan rings is 1. The number of thioether (sulfide) groups is 2. The van der Waals surface area contributed by atoms with Gasteiger partial charge in [-0.1, -0.05) is 6.07 Å². The Kier molecular flexibility index (Phi) is 5.07. The van der Waals surface area contributed by atoms with Gasteiger partial charge in [0.05, 0.1) is 22.7 Å². The van der Waals surface area contributed by atoms with Crippen LogP contribution in [-0.2, 0) is 11.2 Å². The largest absolute Gasteiger partial charge is 0.496 e. The molecule has 3 heterocycles. The second-order valence-electron chi connectivity index (χ2n) is 6.54. The number of carbonyl (C=O) groups excluding carboxylic acids is 2. The molecule has 0 spiro atoms. The van der Waals surface area contributed by atoms with Crippen molar-refractivity contribution < 1.29 is 18.7 Å². The van der Waals surface area contributed by atoms with Gasteiger partial charge in [0.25, 0.3) is 11.1 Å². The van der Waals surface area contributed by atoms with Crippen molar-refractivity contribution in [3.63, 3.8) is 0 Å². The van der Waals surface area contributed by atoms with Crippen LogP contribution in [0, 0.1) is 0 Å². The van der Waals surface area contributed by atoms with E-state index in [1.54, 1.807) is 19.3 Å². The molecule has 1 aromatic carbocycles. The third kappa shape index (κ3) is 3.49. The number of methoxy groups -OCH3 is 1. The average molecular weight is 415 g/mol. The molecule has 0 bridgehead atoms. The van der Waals surface area contributed by atoms with Crippen LogP contribution in [0.5, 0.6) is 5.75 Å². The average Bonchev–Trinajstić information content (AvgIpc) is 3.33. The predicted molar refractivity (Wildman–Crippen MR) is 111 cm³/mol. The molecule has 0 aliphatic carbocycles. The normalized spacial score (nSPS) is 17.6. The van der Waals surface area contributed by atoms with E-state index in [-0.39, 0.29) is 17.2 Å². The Morgan fingerprint density at radius 2 is 2.11 bits per heavy atom. The zero-order valence-electron chi connectivity index (χ0n) is 15.6. The van der Waals surface area contributed by atoms with Crippen LogP contribution in [0.3, 0.4) is 0 Å². The summed E-state index contributed by atoms with van der Waals surface area (Å²) in [6, 6.07) is 9.27. The summed E-state index contributed by atoms with van der Waals surface area (Å²) < 4.78 is 11.2. The fourth-order valence-corrected chi connectivity index (χ4v) is 4.86. The number of fused-ring (bicyclic) bond motifs is 1. The van der Waals surface area contributed by atoms with Gasteiger partial charge < -0.3 is 9.15 Å². The van der Waals surface area contributed by atoms with E-state index < -0.39 is 0 Å². The fraction of sp³-hybridized carbons (Fsp3) is 0.250. The summed E-state index contributed by atoms with van der Waals surface area (Å²) in [5.74, 6) is 1.08. The first kappa shape index (κ1) is 18.9. The van der Waals surface area contributed by atoms with E-state index in [4.69, 9.17) is 9.15 Å². The van der Waals surface area contributed by atoms with Crippen LogP contribution in [0.1, 0.15) is 25.2 Å². The molecule has 6 nitrogen and oxygen atoms in total. The van der Waals surface area contributed by atoms with Crippen molar-refractivity contribution in [3.8, 4) is 5.75 Å². The molecule has 8 heteroatoms. The van der Waals surface area contributed by atoms with E-state index in [9.17, 15) is 9.59 Å². The molecule has 0 N–H and O–H groups in total. The van der Waals surface area contributed by atoms with E-state index in [0.717, 1.165) is 33.8 Å². The molecule has 4 rings (SSSR count). The van der Waals surface area contributed by atoms with Crippen LogP contribution in [0.2, 0.25) is 0 Å². The van der Waals surface area contributed by atoms with Crippen LogP contribution in [0.4, 0.5) is 10.5 Å². The van der Waals surface area contributed by atoms with Crippen molar-refractivity contribution in [2.24, 2.45) is 4.99 Å². The molecule has 2 aliphatic heterocycles. The second-order valence-corrected chi connectivity index (χ2v) is 8.62. The molecule has 2 aromatic rings. The zero-order valence-corrected chi connectivity index (χ0v) is 17.2. The van der Waals surface area contributed by atoms with E-state index >= 15 is 0 Å². The second kappa shape index (κ2) is 7.52. The first-order chi connectivity index (χ1) is 13.5. The minimum absolute atomic E-state index is 0.167. The van der Waals surface area contributed by atoms with Gasteiger partial charge in [0.1, 0.15) is 11.5 Å². The summed E-state index contributed by atoms with van der Waals surface area (Å²) in [5.41, 5.74) is 1.98. The van der Waals surface area contributed by atoms with Crippen molar-refractivity contribution in [2.45, 2.75) is 31.4 Å². The summed E-state index contributed by atoms with van der Waals surface area (Å²) in [5, 5.41) is 1.35. The molecule has 144 valence electrons. The smallest absolute Gasteiger partial charge is 0.293 e. The third-order valence-electron chi connectivity index (χ3n) is 4.34. The molecule has 0 unspecified atom stereocenters. The van der Waals surface area contributed by atoms with Crippen molar-refractivity contribution in [1.29, 1.82) is 0 Å². The summed E-state index contributed by atoms with van der Waals surface area (Å²) in [4.78, 5) is 30.6. The third-order valence-corrected chi connectivity index (χ3v) is 6.11. The van der Waals surface area contributed by atoms with Crippen LogP contribution in [0.25, 0.3) is 6.08 Å². The van der Waals surface area contributed by atoms with Crippen LogP contribution in [0.15, 0.2) is 49.7 Å². The van der Waals surface area contributed by atoms with Gasteiger partial charge in [0.2, 0.25) is 0 Å². The fourth-order valence-electron chi connectivity index (χ4n) is 3.05. The number of amides is 2. The number of hydrogen-bond acceptors (Lipinski definition) is 7. The summed E-state index contributed by atoms with van der Waals surface area (Å²) in [6.07, 6.45) is 2.30. The molecular weight excluding hydrogens is 396 g/mol. The number of ether oxygens (including phenoxy) is 1. The number of hydrogen-bond donors (Lipinski definition) is 0. The lowest BCUT2D eigenvalue weighted by atomic mass is 10.1. The van der Waals surface area contributed by atoms with Gasteiger partial charge in [-0.15, -0.1) is 0 Å². The molecule has 0 saturated carbocycles. The Bertz CT molecular complexity index is 1020. The predicted octanol–water partition coefficient (Wildman–Crippen LogP) is 5.11. The number of aliphatic imine (C=N–C) groups is 1. The minimum Gasteiger partial charge on any atom is -0.496 e. The van der Waals surface area contributed by atoms with Crippen LogP contribution in [-0.4, -0.2) is 34.2 Å². The standard InChI is InChI=1S/C20H18N2O4S2/c1-11(2)22-19(23)16(27-20(22)24)9-12-7-8-18(26-12)28-17-10-13-14(21-17)5-4-6-15(13)25-3/h4-9,11H,10H2,1-3H3/b16-9-. The molecule has 28 heavy (non-hydrogen) atoms. The molecule has 0 radical (unpaired) electrons. The maximum Gasteiger partial charge on any atom is 0.293 e. The maximum absolute atomic E-state index is 12.4. The minimum atomic E-state index is -0.279. The van der Waals surface area contributed by atoms with Gasteiger partial charge in [0, 0.05) is 24.1 Å². The highest BCUT2D eigenvalue weighted by Gasteiger charge is 2.36. The van der Waals surface area contributed by atoms with Gasteiger partial charge in [-0.3, -0.25) is 14.5 Å². The number of carbonyl (C=O) groups is 2. The number of benzene rings is 1. The monoisotopic (exact) mass is 414 g/mol. The lowest BCUT2D eigenvalue weighted by Crippen LogP contribution is -2.34. The van der Waals surface area contributed by atoms with Crippen molar-refractivity contribution >= 4 is 51.5 Å². The quantitative estimate of drug-likeness (QED) is 0.647. The highest BCUT2D eigenvalue weighted by atomic mass is 32.2. The van der Waals surface area contributed by atoms with Crippen LogP contribution < -0.4 is 4.74 Å². The number of rotatable bonds is 4. The Morgan fingerprint density at radius 3 is 2.82 bits per heavy atom. The van der Waals surface area contributed by atoms with Crippen molar-refractivity contribution in [2.75, 3.05) is 7.11 Å². The molecule has 2 amide bonds. The summed E-state index contributed by atoms with van der Waals surface area (Å²) in [7, 11) is 1.65. The maximum atomic E-state index is 12.4. The lowest BCUT2D eigenvalue weighted by molar-refractivity contribution is -0.123. The molecule has 0 atom stereocenters. The number of nitrogens with zero attached hydrogens (tertiary/aromatic N) is 2. The lowest BCUT2D eigenvalue weighted by Gasteiger charge is -2.16. The van der Waals surface area contributed by atoms with Crippen LogP contribution >= 0.6 is 23.5 Å². The van der Waals surface area contributed by atoms with E-state index in [1.807, 2.05) is 38.1 Å². The van der Waals surface area contributed by atoms with Crippen molar-refractivity contribution in [1.82, 2.24) is 4.90 Å². The Morgan fingerprint density at radius 1 is 1.29 bits per heavy atom. The Labute approximate surface area is 171 Å². The SMILES string of the molecule is COc1cccc2c1CC(Sc1ccc(/C=C3\SC(=O)N(C(C)C)C3=O)o1)=N2. The molecule has 1 fully saturated rings. The zero-order chi connectivity index (χ0) is 19.8. The van der Waals surface area contributed by atoms with E-state index in [2.05, 4.69) is 4.99 Å². The Hall–Kier alpha value is -2.45. The van der Waals surface area contributed by atoms with E-state index in [1.165, 1.54) is 16.7 Å². The van der Waals surface area contributed by atoms with E-state index in [0.29, 0.717) is 22.2 Å². The molecule has 1 saturated heterocycles. The van der Waals surface area contributed by atoms with Crippen molar-refractivity contribution in [3.05, 3.63) is 46.6 Å². The topological polar surface area (TPSA) is 72.1 Å². The Balaban J connectivity index is 1.48. The van der Waals surface area contributed by atoms with Gasteiger partial charge >= 0.3 is 0 Å². The highest BCUT2D eigenvalue weighted by Crippen LogP contribution is 2.39. The molecular formula is C20H18N2O4S2. The highest BCUT2D eigenvalue weighted by molar-refractivity contribution is 8.18.